The Morgan fingerprint density at radius 3 is 2.73 bits per heavy atom. The molecule has 22 heavy (non-hydrogen) atoms. The Labute approximate surface area is 124 Å². The molecule has 0 fully saturated rings. The molecule has 0 saturated carbocycles. The SMILES string of the molecule is NC(=O)c1ccc2[nH]nc(-c3cccc(NC(=O)O)c3)c2c1. The number of nitrogens with one attached hydrogen (secondary N) is 2. The number of hydrogen-bond donors (Lipinski definition) is 4. The molecule has 0 aliphatic carbocycles. The maximum Gasteiger partial charge on any atom is 0.409 e. The van der Waals surface area contributed by atoms with Crippen LogP contribution in [0, 0.1) is 0 Å². The van der Waals surface area contributed by atoms with Crippen LogP contribution in [0.15, 0.2) is 42.5 Å². The second-order valence-corrected chi connectivity index (χ2v) is 4.71. The topological polar surface area (TPSA) is 121 Å². The fraction of sp³-hybridized carbons (Fsp3) is 0. The molecule has 0 bridgehead atoms. The number of carboxylic acid groups (broad SMARTS) is 1. The molecule has 0 atom stereocenters. The van der Waals surface area contributed by atoms with Crippen molar-refractivity contribution in [2.24, 2.45) is 5.73 Å². The van der Waals surface area contributed by atoms with Crippen molar-refractivity contribution in [1.29, 1.82) is 0 Å². The van der Waals surface area contributed by atoms with Crippen LogP contribution < -0.4 is 11.1 Å². The summed E-state index contributed by atoms with van der Waals surface area (Å²) < 4.78 is 0. The molecule has 7 nitrogen and oxygen atoms in total. The third-order valence-corrected chi connectivity index (χ3v) is 3.23. The van der Waals surface area contributed by atoms with Crippen LogP contribution in [-0.2, 0) is 0 Å². The number of H-pyrrole nitrogens is 1. The fourth-order valence-electron chi connectivity index (χ4n) is 2.26. The highest BCUT2D eigenvalue weighted by atomic mass is 16.4. The van der Waals surface area contributed by atoms with Gasteiger partial charge in [-0.15, -0.1) is 0 Å². The van der Waals surface area contributed by atoms with Crippen molar-refractivity contribution < 1.29 is 14.7 Å². The molecule has 2 aromatic carbocycles. The molecule has 1 aromatic heterocycles. The third-order valence-electron chi connectivity index (χ3n) is 3.23. The van der Waals surface area contributed by atoms with Crippen LogP contribution in [0.5, 0.6) is 0 Å². The number of amides is 2. The summed E-state index contributed by atoms with van der Waals surface area (Å²) in [6, 6.07) is 11.8. The van der Waals surface area contributed by atoms with Gasteiger partial charge in [0.15, 0.2) is 0 Å². The van der Waals surface area contributed by atoms with E-state index in [4.69, 9.17) is 10.8 Å². The minimum atomic E-state index is -1.14. The summed E-state index contributed by atoms with van der Waals surface area (Å²) >= 11 is 0. The predicted molar refractivity (Wildman–Crippen MR) is 81.7 cm³/mol. The first-order chi connectivity index (χ1) is 10.5. The second kappa shape index (κ2) is 5.21. The molecular formula is C15H12N4O3. The molecule has 0 radical (unpaired) electrons. The lowest BCUT2D eigenvalue weighted by molar-refractivity contribution is 0.100. The second-order valence-electron chi connectivity index (χ2n) is 4.71. The zero-order valence-electron chi connectivity index (χ0n) is 11.3. The lowest BCUT2D eigenvalue weighted by atomic mass is 10.0. The Bertz CT molecular complexity index is 885. The molecule has 0 spiro atoms. The number of carbonyl (C=O) groups is 2. The molecule has 0 aliphatic heterocycles. The van der Waals surface area contributed by atoms with E-state index in [2.05, 4.69) is 15.5 Å². The average Bonchev–Trinajstić information content (AvgIpc) is 2.89. The molecule has 0 saturated heterocycles. The standard InChI is InChI=1S/C15H12N4O3/c16-14(20)9-4-5-12-11(7-9)13(19-18-12)8-2-1-3-10(6-8)17-15(21)22/h1-7,17H,(H2,16,20)(H,18,19)(H,21,22). The summed E-state index contributed by atoms with van der Waals surface area (Å²) in [6.45, 7) is 0. The first-order valence-electron chi connectivity index (χ1n) is 6.43. The monoisotopic (exact) mass is 296 g/mol. The molecule has 5 N–H and O–H groups in total. The Morgan fingerprint density at radius 1 is 1.18 bits per heavy atom. The molecule has 0 aliphatic rings. The molecule has 110 valence electrons. The van der Waals surface area contributed by atoms with E-state index in [0.717, 1.165) is 16.5 Å². The van der Waals surface area contributed by atoms with Crippen molar-refractivity contribution in [2.45, 2.75) is 0 Å². The van der Waals surface area contributed by atoms with E-state index in [-0.39, 0.29) is 0 Å². The van der Waals surface area contributed by atoms with Gasteiger partial charge in [-0.05, 0) is 30.3 Å². The van der Waals surface area contributed by atoms with Crippen LogP contribution in [-0.4, -0.2) is 27.3 Å². The summed E-state index contributed by atoms with van der Waals surface area (Å²) in [4.78, 5) is 22.0. The molecule has 3 rings (SSSR count). The smallest absolute Gasteiger partial charge is 0.409 e. The van der Waals surface area contributed by atoms with Crippen molar-refractivity contribution in [1.82, 2.24) is 10.2 Å². The normalized spacial score (nSPS) is 10.5. The third kappa shape index (κ3) is 2.47. The van der Waals surface area contributed by atoms with E-state index in [1.807, 2.05) is 0 Å². The number of aromatic amines is 1. The van der Waals surface area contributed by atoms with Gasteiger partial charge in [0.2, 0.25) is 5.91 Å². The van der Waals surface area contributed by atoms with Crippen molar-refractivity contribution in [3.8, 4) is 11.3 Å². The Hall–Kier alpha value is -3.35. The molecule has 3 aromatic rings. The number of nitrogens with two attached hydrogens (primary N) is 1. The van der Waals surface area contributed by atoms with Crippen LogP contribution in [0.3, 0.4) is 0 Å². The number of nitrogens with zero attached hydrogens (tertiary/aromatic N) is 1. The maximum absolute atomic E-state index is 11.3. The highest BCUT2D eigenvalue weighted by Gasteiger charge is 2.11. The Morgan fingerprint density at radius 2 is 2.00 bits per heavy atom. The van der Waals surface area contributed by atoms with Crippen LogP contribution in [0.1, 0.15) is 10.4 Å². The molecule has 1 heterocycles. The number of primary amides is 1. The first kappa shape index (κ1) is 13.6. The van der Waals surface area contributed by atoms with E-state index < -0.39 is 12.0 Å². The van der Waals surface area contributed by atoms with Gasteiger partial charge < -0.3 is 10.8 Å². The Balaban J connectivity index is 2.11. The number of anilines is 1. The van der Waals surface area contributed by atoms with Gasteiger partial charge in [0.1, 0.15) is 0 Å². The summed E-state index contributed by atoms with van der Waals surface area (Å²) in [6.07, 6.45) is -1.14. The van der Waals surface area contributed by atoms with Gasteiger partial charge in [0.25, 0.3) is 0 Å². The van der Waals surface area contributed by atoms with E-state index in [1.165, 1.54) is 0 Å². The van der Waals surface area contributed by atoms with Gasteiger partial charge in [-0.1, -0.05) is 12.1 Å². The average molecular weight is 296 g/mol. The van der Waals surface area contributed by atoms with Gasteiger partial charge in [0, 0.05) is 22.2 Å². The minimum absolute atomic E-state index is 0.384. The number of hydrogen-bond acceptors (Lipinski definition) is 3. The molecule has 7 heteroatoms. The van der Waals surface area contributed by atoms with Crippen molar-refractivity contribution >= 4 is 28.6 Å². The number of aromatic nitrogens is 2. The molecule has 2 amide bonds. The highest BCUT2D eigenvalue weighted by Crippen LogP contribution is 2.28. The number of rotatable bonds is 3. The quantitative estimate of drug-likeness (QED) is 0.593. The summed E-state index contributed by atoms with van der Waals surface area (Å²) in [5.41, 5.74) is 8.22. The minimum Gasteiger partial charge on any atom is -0.465 e. The van der Waals surface area contributed by atoms with Gasteiger partial charge in [-0.25, -0.2) is 4.79 Å². The van der Waals surface area contributed by atoms with Crippen molar-refractivity contribution in [3.05, 3.63) is 48.0 Å². The van der Waals surface area contributed by atoms with Crippen LogP contribution in [0.4, 0.5) is 10.5 Å². The number of fused-ring (bicyclic) bond motifs is 1. The first-order valence-corrected chi connectivity index (χ1v) is 6.43. The summed E-state index contributed by atoms with van der Waals surface area (Å²) in [5.74, 6) is -0.518. The van der Waals surface area contributed by atoms with Gasteiger partial charge in [0.05, 0.1) is 11.2 Å². The fourth-order valence-corrected chi connectivity index (χ4v) is 2.26. The highest BCUT2D eigenvalue weighted by molar-refractivity contribution is 6.01. The lowest BCUT2D eigenvalue weighted by Crippen LogP contribution is -2.10. The van der Waals surface area contributed by atoms with E-state index in [9.17, 15) is 9.59 Å². The number of carbonyl (C=O) groups excluding carboxylic acids is 1. The zero-order valence-corrected chi connectivity index (χ0v) is 11.3. The zero-order chi connectivity index (χ0) is 15.7. The van der Waals surface area contributed by atoms with Crippen LogP contribution >= 0.6 is 0 Å². The van der Waals surface area contributed by atoms with E-state index >= 15 is 0 Å². The number of benzene rings is 2. The lowest BCUT2D eigenvalue weighted by Gasteiger charge is -2.04. The largest absolute Gasteiger partial charge is 0.465 e. The van der Waals surface area contributed by atoms with Gasteiger partial charge in [-0.2, -0.15) is 5.10 Å². The summed E-state index contributed by atoms with van der Waals surface area (Å²) in [5, 5.41) is 18.9. The van der Waals surface area contributed by atoms with E-state index in [1.54, 1.807) is 42.5 Å². The maximum atomic E-state index is 11.3. The van der Waals surface area contributed by atoms with Crippen LogP contribution in [0.25, 0.3) is 22.2 Å². The molecular weight excluding hydrogens is 284 g/mol. The van der Waals surface area contributed by atoms with Crippen molar-refractivity contribution in [3.63, 3.8) is 0 Å². The van der Waals surface area contributed by atoms with Gasteiger partial charge >= 0.3 is 6.09 Å². The predicted octanol–water partition coefficient (Wildman–Crippen LogP) is 2.42. The molecule has 0 unspecified atom stereocenters. The Kier molecular flexibility index (Phi) is 3.23. The van der Waals surface area contributed by atoms with Crippen molar-refractivity contribution in [2.75, 3.05) is 5.32 Å². The van der Waals surface area contributed by atoms with Crippen LogP contribution in [0.2, 0.25) is 0 Å². The van der Waals surface area contributed by atoms with Gasteiger partial charge in [-0.3, -0.25) is 15.2 Å². The summed E-state index contributed by atoms with van der Waals surface area (Å²) in [7, 11) is 0. The van der Waals surface area contributed by atoms with E-state index in [0.29, 0.717) is 16.9 Å².